The lowest BCUT2D eigenvalue weighted by Gasteiger charge is -2.18. The van der Waals surface area contributed by atoms with Crippen LogP contribution in [0.15, 0.2) is 48.6 Å². The summed E-state index contributed by atoms with van der Waals surface area (Å²) in [6, 6.07) is 0. The minimum absolute atomic E-state index is 0.0833. The third kappa shape index (κ3) is 40.6. The molecular formula is C47H84O5. The van der Waals surface area contributed by atoms with Gasteiger partial charge in [0.15, 0.2) is 6.10 Å². The summed E-state index contributed by atoms with van der Waals surface area (Å²) in [4.78, 5) is 25.0. The van der Waals surface area contributed by atoms with E-state index < -0.39 is 6.10 Å². The second-order valence-electron chi connectivity index (χ2n) is 14.6. The van der Waals surface area contributed by atoms with Crippen LogP contribution >= 0.6 is 0 Å². The molecule has 0 rings (SSSR count). The number of rotatable bonds is 40. The van der Waals surface area contributed by atoms with Gasteiger partial charge in [-0.05, 0) is 57.8 Å². The normalized spacial score (nSPS) is 12.6. The zero-order chi connectivity index (χ0) is 37.8. The van der Waals surface area contributed by atoms with Gasteiger partial charge in [-0.25, -0.2) is 0 Å². The SMILES string of the molecule is CC/C=C\C/C=C\C/C=C\C/C=C\CCCCCCCCCOCC(COC(=O)CCCCCCCCCCC)OC(=O)CCCCCCCCC. The number of allylic oxidation sites excluding steroid dienone is 8. The molecule has 0 radical (unpaired) electrons. The van der Waals surface area contributed by atoms with Gasteiger partial charge >= 0.3 is 11.9 Å². The largest absolute Gasteiger partial charge is 0.462 e. The third-order valence-corrected chi connectivity index (χ3v) is 9.38. The van der Waals surface area contributed by atoms with Crippen LogP contribution in [0.3, 0.4) is 0 Å². The summed E-state index contributed by atoms with van der Waals surface area (Å²) in [6.45, 7) is 7.64. The standard InChI is InChI=1S/C47H84O5/c1-4-7-10-13-16-18-19-20-21-22-23-24-25-26-27-28-30-33-36-39-42-50-43-45(52-47(49)41-38-35-31-15-12-9-6-3)44-51-46(48)40-37-34-32-29-17-14-11-8-5-2/h7,10,16,18,20-21,23-24,45H,4-6,8-9,11-15,17,19,22,25-44H2,1-3H3/b10-7-,18-16-,21-20-,24-23-. The fraction of sp³-hybridized carbons (Fsp3) is 0.787. The Kier molecular flexibility index (Phi) is 41.5. The van der Waals surface area contributed by atoms with E-state index in [1.54, 1.807) is 0 Å². The lowest BCUT2D eigenvalue weighted by molar-refractivity contribution is -0.163. The molecule has 0 fully saturated rings. The van der Waals surface area contributed by atoms with Gasteiger partial charge in [0.25, 0.3) is 0 Å². The van der Waals surface area contributed by atoms with E-state index in [0.29, 0.717) is 19.4 Å². The van der Waals surface area contributed by atoms with Crippen LogP contribution in [0, 0.1) is 0 Å². The molecule has 5 nitrogen and oxygen atoms in total. The van der Waals surface area contributed by atoms with E-state index in [4.69, 9.17) is 14.2 Å². The van der Waals surface area contributed by atoms with Crippen LogP contribution in [0.2, 0.25) is 0 Å². The average Bonchev–Trinajstić information content (AvgIpc) is 3.14. The summed E-state index contributed by atoms with van der Waals surface area (Å²) >= 11 is 0. The Bertz CT molecular complexity index is 873. The van der Waals surface area contributed by atoms with Crippen molar-refractivity contribution >= 4 is 11.9 Å². The van der Waals surface area contributed by atoms with Crippen LogP contribution in [0.4, 0.5) is 0 Å². The van der Waals surface area contributed by atoms with Crippen molar-refractivity contribution < 1.29 is 23.8 Å². The van der Waals surface area contributed by atoms with Gasteiger partial charge in [-0.15, -0.1) is 0 Å². The molecule has 0 heterocycles. The maximum absolute atomic E-state index is 12.6. The highest BCUT2D eigenvalue weighted by Gasteiger charge is 2.17. The molecule has 5 heteroatoms. The summed E-state index contributed by atoms with van der Waals surface area (Å²) in [5.41, 5.74) is 0. The first-order valence-corrected chi connectivity index (χ1v) is 22.2. The predicted octanol–water partition coefficient (Wildman–Crippen LogP) is 14.4. The van der Waals surface area contributed by atoms with Gasteiger partial charge in [-0.3, -0.25) is 9.59 Å². The fourth-order valence-corrected chi connectivity index (χ4v) is 6.09. The fourth-order valence-electron chi connectivity index (χ4n) is 6.09. The molecule has 0 bridgehead atoms. The van der Waals surface area contributed by atoms with Crippen LogP contribution in [0.1, 0.15) is 213 Å². The van der Waals surface area contributed by atoms with E-state index in [2.05, 4.69) is 69.4 Å². The quantitative estimate of drug-likeness (QED) is 0.0357. The minimum atomic E-state index is -0.533. The van der Waals surface area contributed by atoms with E-state index in [-0.39, 0.29) is 25.2 Å². The van der Waals surface area contributed by atoms with Crippen molar-refractivity contribution in [1.82, 2.24) is 0 Å². The number of carbonyl (C=O) groups excluding carboxylic acids is 2. The van der Waals surface area contributed by atoms with Crippen LogP contribution in [-0.4, -0.2) is 37.9 Å². The predicted molar refractivity (Wildman–Crippen MR) is 224 cm³/mol. The first kappa shape index (κ1) is 49.9. The van der Waals surface area contributed by atoms with Gasteiger partial charge in [0, 0.05) is 19.4 Å². The van der Waals surface area contributed by atoms with E-state index in [1.807, 2.05) is 0 Å². The van der Waals surface area contributed by atoms with Crippen molar-refractivity contribution in [3.63, 3.8) is 0 Å². The molecule has 1 unspecified atom stereocenters. The molecule has 0 aromatic carbocycles. The Labute approximate surface area is 322 Å². The molecule has 0 amide bonds. The Balaban J connectivity index is 4.11. The highest BCUT2D eigenvalue weighted by molar-refractivity contribution is 5.70. The van der Waals surface area contributed by atoms with E-state index >= 15 is 0 Å². The molecule has 0 aliphatic heterocycles. The van der Waals surface area contributed by atoms with Crippen molar-refractivity contribution in [3.05, 3.63) is 48.6 Å². The summed E-state index contributed by atoms with van der Waals surface area (Å²) in [7, 11) is 0. The highest BCUT2D eigenvalue weighted by atomic mass is 16.6. The molecule has 52 heavy (non-hydrogen) atoms. The molecule has 302 valence electrons. The van der Waals surface area contributed by atoms with E-state index in [0.717, 1.165) is 64.2 Å². The molecule has 0 spiro atoms. The van der Waals surface area contributed by atoms with Gasteiger partial charge in [0.05, 0.1) is 6.61 Å². The number of hydrogen-bond donors (Lipinski definition) is 0. The summed E-state index contributed by atoms with van der Waals surface area (Å²) in [5, 5.41) is 0. The zero-order valence-electron chi connectivity index (χ0n) is 34.6. The minimum Gasteiger partial charge on any atom is -0.462 e. The second kappa shape index (κ2) is 43.3. The van der Waals surface area contributed by atoms with Crippen LogP contribution in [0.25, 0.3) is 0 Å². The molecule has 1 atom stereocenters. The van der Waals surface area contributed by atoms with Crippen molar-refractivity contribution in [3.8, 4) is 0 Å². The van der Waals surface area contributed by atoms with Crippen molar-refractivity contribution in [2.45, 2.75) is 219 Å². The summed E-state index contributed by atoms with van der Waals surface area (Å²) in [5.74, 6) is -0.409. The van der Waals surface area contributed by atoms with Crippen molar-refractivity contribution in [2.75, 3.05) is 19.8 Å². The molecule has 0 aromatic rings. The van der Waals surface area contributed by atoms with Crippen molar-refractivity contribution in [2.24, 2.45) is 0 Å². The maximum atomic E-state index is 12.6. The lowest BCUT2D eigenvalue weighted by Crippen LogP contribution is -2.30. The van der Waals surface area contributed by atoms with Crippen LogP contribution in [-0.2, 0) is 23.8 Å². The zero-order valence-corrected chi connectivity index (χ0v) is 34.6. The number of unbranched alkanes of at least 4 members (excludes halogenated alkanes) is 21. The molecule has 0 aliphatic rings. The second-order valence-corrected chi connectivity index (χ2v) is 14.6. The Morgan fingerprint density at radius 1 is 0.442 bits per heavy atom. The molecule has 0 aliphatic carbocycles. The van der Waals surface area contributed by atoms with Crippen molar-refractivity contribution in [1.29, 1.82) is 0 Å². The first-order valence-electron chi connectivity index (χ1n) is 22.2. The molecule has 0 aromatic heterocycles. The lowest BCUT2D eigenvalue weighted by atomic mass is 10.1. The van der Waals surface area contributed by atoms with Crippen LogP contribution in [0.5, 0.6) is 0 Å². The van der Waals surface area contributed by atoms with Gasteiger partial charge in [-0.1, -0.05) is 191 Å². The van der Waals surface area contributed by atoms with Crippen LogP contribution < -0.4 is 0 Å². The molecule has 0 N–H and O–H groups in total. The molecule has 0 saturated heterocycles. The maximum Gasteiger partial charge on any atom is 0.306 e. The smallest absolute Gasteiger partial charge is 0.306 e. The monoisotopic (exact) mass is 729 g/mol. The van der Waals surface area contributed by atoms with E-state index in [1.165, 1.54) is 116 Å². The third-order valence-electron chi connectivity index (χ3n) is 9.38. The Morgan fingerprint density at radius 2 is 0.865 bits per heavy atom. The van der Waals surface area contributed by atoms with Gasteiger partial charge in [0.1, 0.15) is 6.61 Å². The first-order chi connectivity index (χ1) is 25.6. The molecule has 0 saturated carbocycles. The number of ether oxygens (including phenoxy) is 3. The van der Waals surface area contributed by atoms with Gasteiger partial charge in [0.2, 0.25) is 0 Å². The molecular weight excluding hydrogens is 645 g/mol. The Hall–Kier alpha value is -2.14. The Morgan fingerprint density at radius 3 is 1.38 bits per heavy atom. The van der Waals surface area contributed by atoms with Gasteiger partial charge in [-0.2, -0.15) is 0 Å². The van der Waals surface area contributed by atoms with E-state index in [9.17, 15) is 9.59 Å². The number of carbonyl (C=O) groups is 2. The number of hydrogen-bond acceptors (Lipinski definition) is 5. The summed E-state index contributed by atoms with van der Waals surface area (Å²) in [6.07, 6.45) is 51.2. The average molecular weight is 729 g/mol. The summed E-state index contributed by atoms with van der Waals surface area (Å²) < 4.78 is 17.2. The van der Waals surface area contributed by atoms with Gasteiger partial charge < -0.3 is 14.2 Å². The number of esters is 2. The topological polar surface area (TPSA) is 61.8 Å². The highest BCUT2D eigenvalue weighted by Crippen LogP contribution is 2.13.